The lowest BCUT2D eigenvalue weighted by molar-refractivity contribution is -0.115. The van der Waals surface area contributed by atoms with Crippen molar-refractivity contribution >= 4 is 27.5 Å². The van der Waals surface area contributed by atoms with Crippen molar-refractivity contribution in [2.45, 2.75) is 26.4 Å². The first-order chi connectivity index (χ1) is 10.0. The average molecular weight is 348 g/mol. The zero-order chi connectivity index (χ0) is 15.2. The van der Waals surface area contributed by atoms with Crippen LogP contribution in [0.3, 0.4) is 0 Å². The lowest BCUT2D eigenvalue weighted by Gasteiger charge is -2.14. The van der Waals surface area contributed by atoms with Crippen LogP contribution in [0.5, 0.6) is 5.75 Å². The van der Waals surface area contributed by atoms with E-state index in [0.29, 0.717) is 17.9 Å². The van der Waals surface area contributed by atoms with Crippen molar-refractivity contribution in [2.75, 3.05) is 5.32 Å². The normalized spacial score (nSPS) is 10.5. The molecule has 0 saturated heterocycles. The van der Waals surface area contributed by atoms with Crippen LogP contribution in [0, 0.1) is 0 Å². The molecular weight excluding hydrogens is 330 g/mol. The molecule has 4 heteroatoms. The monoisotopic (exact) mass is 347 g/mol. The lowest BCUT2D eigenvalue weighted by atomic mass is 10.1. The molecule has 0 aliphatic carbocycles. The van der Waals surface area contributed by atoms with Crippen molar-refractivity contribution in [3.05, 3.63) is 58.6 Å². The summed E-state index contributed by atoms with van der Waals surface area (Å²) >= 11 is 3.38. The minimum Gasteiger partial charge on any atom is -0.489 e. The van der Waals surface area contributed by atoms with E-state index in [1.54, 1.807) is 0 Å². The third-order valence-corrected chi connectivity index (χ3v) is 3.33. The number of nitrogens with one attached hydrogen (secondary N) is 1. The van der Waals surface area contributed by atoms with Gasteiger partial charge in [-0.05, 0) is 43.7 Å². The average Bonchev–Trinajstić information content (AvgIpc) is 2.43. The second-order valence-corrected chi connectivity index (χ2v) is 5.93. The maximum Gasteiger partial charge on any atom is 0.228 e. The van der Waals surface area contributed by atoms with E-state index < -0.39 is 0 Å². The van der Waals surface area contributed by atoms with Crippen molar-refractivity contribution in [3.8, 4) is 5.75 Å². The van der Waals surface area contributed by atoms with Crippen LogP contribution in [0.1, 0.15) is 19.4 Å². The molecule has 0 aliphatic heterocycles. The number of hydrogen-bond donors (Lipinski definition) is 1. The van der Waals surface area contributed by atoms with Crippen molar-refractivity contribution in [1.29, 1.82) is 0 Å². The van der Waals surface area contributed by atoms with Crippen molar-refractivity contribution < 1.29 is 9.53 Å². The molecule has 0 unspecified atom stereocenters. The highest BCUT2D eigenvalue weighted by molar-refractivity contribution is 9.10. The summed E-state index contributed by atoms with van der Waals surface area (Å²) < 4.78 is 6.69. The van der Waals surface area contributed by atoms with Gasteiger partial charge < -0.3 is 10.1 Å². The van der Waals surface area contributed by atoms with Crippen LogP contribution in [0.2, 0.25) is 0 Å². The molecule has 0 spiro atoms. The molecule has 0 aliphatic rings. The first-order valence-electron chi connectivity index (χ1n) is 6.84. The van der Waals surface area contributed by atoms with Crippen molar-refractivity contribution in [1.82, 2.24) is 0 Å². The zero-order valence-corrected chi connectivity index (χ0v) is 13.7. The number of anilines is 1. The number of hydrogen-bond acceptors (Lipinski definition) is 2. The number of halogens is 1. The number of para-hydroxylation sites is 2. The van der Waals surface area contributed by atoms with Gasteiger partial charge in [-0.3, -0.25) is 4.79 Å². The molecular formula is C17H18BrNO2. The Balaban J connectivity index is 2.04. The van der Waals surface area contributed by atoms with Gasteiger partial charge in [0.05, 0.1) is 18.2 Å². The first-order valence-corrected chi connectivity index (χ1v) is 7.64. The molecule has 1 N–H and O–H groups in total. The minimum absolute atomic E-state index is 0.0582. The Hall–Kier alpha value is -1.81. The Morgan fingerprint density at radius 3 is 2.48 bits per heavy atom. The predicted molar refractivity (Wildman–Crippen MR) is 88.7 cm³/mol. The number of rotatable bonds is 5. The summed E-state index contributed by atoms with van der Waals surface area (Å²) in [6.07, 6.45) is 0.401. The molecule has 0 fully saturated rings. The third-order valence-electron chi connectivity index (χ3n) is 2.80. The second-order valence-electron chi connectivity index (χ2n) is 5.01. The standard InChI is InChI=1S/C17H18BrNO2/c1-12(2)21-16-6-4-3-5-15(16)19-17(20)11-13-7-9-14(18)10-8-13/h3-10,12H,11H2,1-2H3,(H,19,20). The summed E-state index contributed by atoms with van der Waals surface area (Å²) in [5.74, 6) is 0.633. The van der Waals surface area contributed by atoms with E-state index in [4.69, 9.17) is 4.74 Å². The molecule has 3 nitrogen and oxygen atoms in total. The van der Waals surface area contributed by atoms with Crippen LogP contribution >= 0.6 is 15.9 Å². The van der Waals surface area contributed by atoms with Gasteiger partial charge in [-0.2, -0.15) is 0 Å². The topological polar surface area (TPSA) is 38.3 Å². The van der Waals surface area contributed by atoms with Crippen LogP contribution < -0.4 is 10.1 Å². The Bertz CT molecular complexity index is 608. The molecule has 0 atom stereocenters. The van der Waals surface area contributed by atoms with Gasteiger partial charge in [0.15, 0.2) is 0 Å². The molecule has 0 heterocycles. The van der Waals surface area contributed by atoms with Gasteiger partial charge in [0, 0.05) is 4.47 Å². The summed E-state index contributed by atoms with van der Waals surface area (Å²) in [6, 6.07) is 15.2. The Kier molecular flexibility index (Phi) is 5.39. The van der Waals surface area contributed by atoms with Gasteiger partial charge >= 0.3 is 0 Å². The van der Waals surface area contributed by atoms with E-state index in [2.05, 4.69) is 21.2 Å². The molecule has 1 amide bonds. The number of carbonyl (C=O) groups is 1. The number of ether oxygens (including phenoxy) is 1. The lowest BCUT2D eigenvalue weighted by Crippen LogP contribution is -2.16. The summed E-state index contributed by atoms with van der Waals surface area (Å²) in [4.78, 5) is 12.1. The molecule has 2 aromatic rings. The van der Waals surface area contributed by atoms with E-state index in [9.17, 15) is 4.79 Å². The Morgan fingerprint density at radius 1 is 1.14 bits per heavy atom. The minimum atomic E-state index is -0.0582. The maximum atomic E-state index is 12.1. The fraction of sp³-hybridized carbons (Fsp3) is 0.235. The van der Waals surface area contributed by atoms with E-state index >= 15 is 0 Å². The molecule has 21 heavy (non-hydrogen) atoms. The zero-order valence-electron chi connectivity index (χ0n) is 12.1. The van der Waals surface area contributed by atoms with Crippen molar-refractivity contribution in [2.24, 2.45) is 0 Å². The highest BCUT2D eigenvalue weighted by Crippen LogP contribution is 2.25. The summed E-state index contributed by atoms with van der Waals surface area (Å²) in [7, 11) is 0. The summed E-state index contributed by atoms with van der Waals surface area (Å²) in [5.41, 5.74) is 1.67. The van der Waals surface area contributed by atoms with Gasteiger partial charge in [0.2, 0.25) is 5.91 Å². The summed E-state index contributed by atoms with van der Waals surface area (Å²) in [5, 5.41) is 2.90. The third kappa shape index (κ3) is 4.90. The SMILES string of the molecule is CC(C)Oc1ccccc1NC(=O)Cc1ccc(Br)cc1. The first kappa shape index (κ1) is 15.6. The van der Waals surface area contributed by atoms with Crippen LogP contribution in [0.4, 0.5) is 5.69 Å². The largest absolute Gasteiger partial charge is 0.489 e. The van der Waals surface area contributed by atoms with E-state index in [0.717, 1.165) is 10.0 Å². The van der Waals surface area contributed by atoms with E-state index in [-0.39, 0.29) is 12.0 Å². The van der Waals surface area contributed by atoms with Crippen LogP contribution in [-0.4, -0.2) is 12.0 Å². The summed E-state index contributed by atoms with van der Waals surface area (Å²) in [6.45, 7) is 3.92. The van der Waals surface area contributed by atoms with E-state index in [1.165, 1.54) is 0 Å². The Labute approximate surface area is 133 Å². The van der Waals surface area contributed by atoms with Gasteiger partial charge in [-0.25, -0.2) is 0 Å². The van der Waals surface area contributed by atoms with Gasteiger partial charge in [-0.15, -0.1) is 0 Å². The predicted octanol–water partition coefficient (Wildman–Crippen LogP) is 4.42. The van der Waals surface area contributed by atoms with Gasteiger partial charge in [0.25, 0.3) is 0 Å². The van der Waals surface area contributed by atoms with E-state index in [1.807, 2.05) is 62.4 Å². The number of carbonyl (C=O) groups excluding carboxylic acids is 1. The van der Waals surface area contributed by atoms with Crippen LogP contribution in [0.25, 0.3) is 0 Å². The van der Waals surface area contributed by atoms with Gasteiger partial charge in [0.1, 0.15) is 5.75 Å². The molecule has 0 radical (unpaired) electrons. The Morgan fingerprint density at radius 2 is 1.81 bits per heavy atom. The second kappa shape index (κ2) is 7.27. The molecule has 110 valence electrons. The van der Waals surface area contributed by atoms with Gasteiger partial charge in [-0.1, -0.05) is 40.2 Å². The van der Waals surface area contributed by atoms with Crippen LogP contribution in [-0.2, 0) is 11.2 Å². The van der Waals surface area contributed by atoms with Crippen molar-refractivity contribution in [3.63, 3.8) is 0 Å². The number of amides is 1. The fourth-order valence-electron chi connectivity index (χ4n) is 1.91. The highest BCUT2D eigenvalue weighted by Gasteiger charge is 2.09. The maximum absolute atomic E-state index is 12.1. The molecule has 0 saturated carbocycles. The van der Waals surface area contributed by atoms with Crippen LogP contribution in [0.15, 0.2) is 53.0 Å². The quantitative estimate of drug-likeness (QED) is 0.869. The fourth-order valence-corrected chi connectivity index (χ4v) is 2.17. The molecule has 2 rings (SSSR count). The number of benzene rings is 2. The molecule has 2 aromatic carbocycles. The molecule has 0 aromatic heterocycles. The highest BCUT2D eigenvalue weighted by atomic mass is 79.9. The molecule has 0 bridgehead atoms. The smallest absolute Gasteiger partial charge is 0.228 e.